The van der Waals surface area contributed by atoms with Gasteiger partial charge in [-0.1, -0.05) is 4.49 Å². The molecule has 16 heavy (non-hydrogen) atoms. The average molecular weight is 238 g/mol. The number of hydrogen-bond acceptors (Lipinski definition) is 5. The van der Waals surface area contributed by atoms with Crippen LogP contribution < -0.4 is 0 Å². The van der Waals surface area contributed by atoms with Crippen molar-refractivity contribution in [1.29, 1.82) is 0 Å². The lowest BCUT2D eigenvalue weighted by atomic mass is 10.2. The number of hydrogen-bond donors (Lipinski definition) is 1. The number of aliphatic hydroxyl groups is 1. The maximum atomic E-state index is 10.1. The van der Waals surface area contributed by atoms with E-state index in [4.69, 9.17) is 0 Å². The van der Waals surface area contributed by atoms with E-state index in [1.165, 1.54) is 11.5 Å². The highest BCUT2D eigenvalue weighted by molar-refractivity contribution is 7.05. The Kier molecular flexibility index (Phi) is 3.31. The van der Waals surface area contributed by atoms with Crippen LogP contribution >= 0.6 is 11.5 Å². The Morgan fingerprint density at radius 1 is 1.56 bits per heavy atom. The molecule has 0 aliphatic heterocycles. The molecule has 6 heteroatoms. The molecule has 0 aromatic carbocycles. The maximum absolute atomic E-state index is 10.1. The first-order chi connectivity index (χ1) is 7.72. The molecule has 1 unspecified atom stereocenters. The summed E-state index contributed by atoms with van der Waals surface area (Å²) in [6, 6.07) is 0. The molecule has 2 heterocycles. The minimum absolute atomic E-state index is 0.506. The average Bonchev–Trinajstić information content (AvgIpc) is 2.86. The van der Waals surface area contributed by atoms with E-state index in [0.717, 1.165) is 22.9 Å². The van der Waals surface area contributed by atoms with Gasteiger partial charge in [-0.05, 0) is 25.4 Å². The third-order valence-electron chi connectivity index (χ3n) is 2.51. The minimum atomic E-state index is -0.562. The molecule has 2 aromatic heterocycles. The molecule has 0 fully saturated rings. The molecule has 86 valence electrons. The lowest BCUT2D eigenvalue weighted by Crippen LogP contribution is -2.08. The highest BCUT2D eigenvalue weighted by atomic mass is 32.1. The first kappa shape index (κ1) is 11.2. The summed E-state index contributed by atoms with van der Waals surface area (Å²) in [5.41, 5.74) is 0.798. The van der Waals surface area contributed by atoms with Crippen LogP contribution in [0, 0.1) is 6.92 Å². The van der Waals surface area contributed by atoms with Gasteiger partial charge in [-0.25, -0.2) is 4.98 Å². The summed E-state index contributed by atoms with van der Waals surface area (Å²) in [6.07, 6.45) is 3.61. The Bertz CT molecular complexity index is 465. The van der Waals surface area contributed by atoms with Gasteiger partial charge in [0.05, 0.1) is 16.7 Å². The predicted octanol–water partition coefficient (Wildman–Crippen LogP) is 1.34. The molecule has 0 aliphatic carbocycles. The predicted molar refractivity (Wildman–Crippen MR) is 61.2 cm³/mol. The first-order valence-corrected chi connectivity index (χ1v) is 5.96. The summed E-state index contributed by atoms with van der Waals surface area (Å²) in [6.45, 7) is 4.77. The zero-order chi connectivity index (χ0) is 11.5. The summed E-state index contributed by atoms with van der Waals surface area (Å²) in [5.74, 6) is 0.891. The molecule has 1 N–H and O–H groups in total. The molecule has 0 bridgehead atoms. The second-order valence-electron chi connectivity index (χ2n) is 3.57. The Labute approximate surface area is 97.9 Å². The van der Waals surface area contributed by atoms with Crippen molar-refractivity contribution in [2.75, 3.05) is 0 Å². The second kappa shape index (κ2) is 4.71. The molecule has 0 saturated carbocycles. The van der Waals surface area contributed by atoms with Crippen LogP contribution in [0.25, 0.3) is 0 Å². The van der Waals surface area contributed by atoms with Crippen molar-refractivity contribution in [2.45, 2.75) is 32.9 Å². The zero-order valence-corrected chi connectivity index (χ0v) is 10.1. The van der Waals surface area contributed by atoms with E-state index in [2.05, 4.69) is 21.5 Å². The van der Waals surface area contributed by atoms with E-state index in [1.54, 1.807) is 6.20 Å². The number of aliphatic hydroxyl groups excluding tert-OH is 1. The third kappa shape index (κ3) is 2.12. The van der Waals surface area contributed by atoms with Gasteiger partial charge in [-0.2, -0.15) is 0 Å². The second-order valence-corrected chi connectivity index (χ2v) is 4.36. The van der Waals surface area contributed by atoms with Gasteiger partial charge in [-0.15, -0.1) is 5.10 Å². The van der Waals surface area contributed by atoms with Gasteiger partial charge in [0.2, 0.25) is 0 Å². The summed E-state index contributed by atoms with van der Waals surface area (Å²) >= 11 is 1.24. The molecule has 5 nitrogen and oxygen atoms in total. The van der Waals surface area contributed by atoms with Crippen LogP contribution in [0.5, 0.6) is 0 Å². The fourth-order valence-electron chi connectivity index (χ4n) is 1.63. The molecular weight excluding hydrogens is 224 g/mol. The van der Waals surface area contributed by atoms with Gasteiger partial charge in [-0.3, -0.25) is 0 Å². The quantitative estimate of drug-likeness (QED) is 0.873. The maximum Gasteiger partial charge on any atom is 0.111 e. The van der Waals surface area contributed by atoms with Gasteiger partial charge in [0.1, 0.15) is 5.82 Å². The Balaban J connectivity index is 2.13. The van der Waals surface area contributed by atoms with Crippen molar-refractivity contribution >= 4 is 11.5 Å². The number of rotatable bonds is 4. The van der Waals surface area contributed by atoms with Gasteiger partial charge < -0.3 is 9.67 Å². The largest absolute Gasteiger partial charge is 0.387 e. The monoisotopic (exact) mass is 238 g/mol. The summed E-state index contributed by atoms with van der Waals surface area (Å²) in [5, 5.41) is 13.9. The van der Waals surface area contributed by atoms with Crippen molar-refractivity contribution in [2.24, 2.45) is 0 Å². The van der Waals surface area contributed by atoms with Crippen LogP contribution in [0.2, 0.25) is 0 Å². The van der Waals surface area contributed by atoms with E-state index in [9.17, 15) is 5.11 Å². The summed E-state index contributed by atoms with van der Waals surface area (Å²) < 4.78 is 5.84. The Morgan fingerprint density at radius 3 is 3.00 bits per heavy atom. The molecular formula is C10H14N4OS. The number of imidazole rings is 1. The van der Waals surface area contributed by atoms with Crippen molar-refractivity contribution in [3.05, 3.63) is 28.8 Å². The zero-order valence-electron chi connectivity index (χ0n) is 9.29. The van der Waals surface area contributed by atoms with Gasteiger partial charge in [0, 0.05) is 25.4 Å². The van der Waals surface area contributed by atoms with Gasteiger partial charge >= 0.3 is 0 Å². The Morgan fingerprint density at radius 2 is 2.38 bits per heavy atom. The fourth-order valence-corrected chi connectivity index (χ4v) is 2.26. The van der Waals surface area contributed by atoms with E-state index in [0.29, 0.717) is 6.42 Å². The SMILES string of the molecule is CCn1ccnc1CC(O)c1snnc1C. The molecule has 0 saturated heterocycles. The van der Waals surface area contributed by atoms with Crippen LogP contribution in [0.4, 0.5) is 0 Å². The lowest BCUT2D eigenvalue weighted by Gasteiger charge is -2.09. The summed E-state index contributed by atoms with van der Waals surface area (Å²) in [7, 11) is 0. The van der Waals surface area contributed by atoms with Crippen molar-refractivity contribution in [3.63, 3.8) is 0 Å². The summed E-state index contributed by atoms with van der Waals surface area (Å²) in [4.78, 5) is 5.06. The van der Waals surface area contributed by atoms with Crippen LogP contribution in [-0.2, 0) is 13.0 Å². The smallest absolute Gasteiger partial charge is 0.111 e. The first-order valence-electron chi connectivity index (χ1n) is 5.19. The lowest BCUT2D eigenvalue weighted by molar-refractivity contribution is 0.177. The third-order valence-corrected chi connectivity index (χ3v) is 3.44. The molecule has 0 amide bonds. The normalized spacial score (nSPS) is 12.9. The van der Waals surface area contributed by atoms with E-state index in [-0.39, 0.29) is 0 Å². The van der Waals surface area contributed by atoms with Crippen molar-refractivity contribution < 1.29 is 5.11 Å². The highest BCUT2D eigenvalue weighted by Gasteiger charge is 2.16. The molecule has 0 radical (unpaired) electrons. The molecule has 1 atom stereocenters. The minimum Gasteiger partial charge on any atom is -0.387 e. The van der Waals surface area contributed by atoms with E-state index < -0.39 is 6.10 Å². The molecule has 2 aromatic rings. The molecule has 0 spiro atoms. The standard InChI is InChI=1S/C10H14N4OS/c1-3-14-5-4-11-9(14)6-8(15)10-7(2)12-13-16-10/h4-5,8,15H,3,6H2,1-2H3. The molecule has 2 rings (SSSR count). The van der Waals surface area contributed by atoms with Crippen LogP contribution in [-0.4, -0.2) is 24.2 Å². The van der Waals surface area contributed by atoms with E-state index >= 15 is 0 Å². The van der Waals surface area contributed by atoms with Crippen LogP contribution in [0.15, 0.2) is 12.4 Å². The fraction of sp³-hybridized carbons (Fsp3) is 0.500. The van der Waals surface area contributed by atoms with Crippen LogP contribution in [0.1, 0.15) is 29.4 Å². The number of aromatic nitrogens is 4. The van der Waals surface area contributed by atoms with E-state index in [1.807, 2.05) is 17.7 Å². The van der Waals surface area contributed by atoms with Gasteiger partial charge in [0.25, 0.3) is 0 Å². The van der Waals surface area contributed by atoms with Crippen molar-refractivity contribution in [3.8, 4) is 0 Å². The number of aryl methyl sites for hydroxylation is 2. The number of nitrogens with zero attached hydrogens (tertiary/aromatic N) is 4. The topological polar surface area (TPSA) is 63.8 Å². The van der Waals surface area contributed by atoms with Gasteiger partial charge in [0.15, 0.2) is 0 Å². The Hall–Kier alpha value is -1.27. The van der Waals surface area contributed by atoms with Crippen molar-refractivity contribution in [1.82, 2.24) is 19.1 Å². The molecule has 0 aliphatic rings. The van der Waals surface area contributed by atoms with Crippen LogP contribution in [0.3, 0.4) is 0 Å². The highest BCUT2D eigenvalue weighted by Crippen LogP contribution is 2.22.